The van der Waals surface area contributed by atoms with Crippen LogP contribution in [0.25, 0.3) is 0 Å². The second-order valence-corrected chi connectivity index (χ2v) is 9.71. The maximum absolute atomic E-state index is 12.8. The highest BCUT2D eigenvalue weighted by Gasteiger charge is 2.30. The lowest BCUT2D eigenvalue weighted by Gasteiger charge is -2.35. The molecule has 29 heavy (non-hydrogen) atoms. The number of sulfonamides is 1. The summed E-state index contributed by atoms with van der Waals surface area (Å²) in [4.78, 5) is 14.5. The van der Waals surface area contributed by atoms with E-state index in [2.05, 4.69) is 0 Å². The van der Waals surface area contributed by atoms with Crippen molar-refractivity contribution >= 4 is 33.2 Å². The minimum atomic E-state index is -3.74. The molecule has 2 aromatic carbocycles. The van der Waals surface area contributed by atoms with Crippen molar-refractivity contribution in [3.05, 3.63) is 59.1 Å². The summed E-state index contributed by atoms with van der Waals surface area (Å²) in [6, 6.07) is 12.2. The van der Waals surface area contributed by atoms with Crippen LogP contribution >= 0.6 is 11.6 Å². The van der Waals surface area contributed by atoms with Crippen LogP contribution in [0.5, 0.6) is 0 Å². The molecule has 1 amide bonds. The molecule has 0 radical (unpaired) electrons. The third-order valence-corrected chi connectivity index (χ3v) is 7.51. The van der Waals surface area contributed by atoms with Gasteiger partial charge in [0.05, 0.1) is 22.7 Å². The van der Waals surface area contributed by atoms with Crippen LogP contribution in [0.3, 0.4) is 0 Å². The van der Waals surface area contributed by atoms with Crippen molar-refractivity contribution in [2.24, 2.45) is 0 Å². The van der Waals surface area contributed by atoms with Gasteiger partial charge in [-0.25, -0.2) is 8.42 Å². The van der Waals surface area contributed by atoms with Crippen LogP contribution in [0.4, 0.5) is 5.69 Å². The fraction of sp³-hybridized carbons (Fsp3) is 0.381. The van der Waals surface area contributed by atoms with E-state index in [0.717, 1.165) is 19.3 Å². The van der Waals surface area contributed by atoms with Gasteiger partial charge in [-0.05, 0) is 61.4 Å². The first-order valence-corrected chi connectivity index (χ1v) is 11.3. The summed E-state index contributed by atoms with van der Waals surface area (Å²) in [5.74, 6) is -0.189. The molecule has 8 heteroatoms. The van der Waals surface area contributed by atoms with Gasteiger partial charge in [-0.2, -0.15) is 0 Å². The van der Waals surface area contributed by atoms with Crippen LogP contribution in [0.2, 0.25) is 5.02 Å². The first kappa shape index (κ1) is 21.6. The lowest BCUT2D eigenvalue weighted by Crippen LogP contribution is -2.46. The van der Waals surface area contributed by atoms with Crippen molar-refractivity contribution in [1.29, 1.82) is 0 Å². The SMILES string of the molecule is CN(C(=O)c1ccc(N(C)S(=O)(=O)c2ccc(Cl)cc2)cc1)[C@@H]1CCCC[C@H]1O. The van der Waals surface area contributed by atoms with Gasteiger partial charge in [-0.1, -0.05) is 24.4 Å². The zero-order valence-corrected chi connectivity index (χ0v) is 18.0. The van der Waals surface area contributed by atoms with Crippen LogP contribution in [0.1, 0.15) is 36.0 Å². The van der Waals surface area contributed by atoms with E-state index in [0.29, 0.717) is 22.7 Å². The van der Waals surface area contributed by atoms with Gasteiger partial charge in [0.15, 0.2) is 0 Å². The Morgan fingerprint density at radius 1 is 1.00 bits per heavy atom. The van der Waals surface area contributed by atoms with Crippen LogP contribution in [0, 0.1) is 0 Å². The number of rotatable bonds is 5. The molecule has 2 atom stereocenters. The fourth-order valence-electron chi connectivity index (χ4n) is 3.62. The Kier molecular flexibility index (Phi) is 6.51. The minimum Gasteiger partial charge on any atom is -0.391 e. The quantitative estimate of drug-likeness (QED) is 0.777. The molecule has 0 heterocycles. The Morgan fingerprint density at radius 2 is 1.59 bits per heavy atom. The molecule has 6 nitrogen and oxygen atoms in total. The summed E-state index contributed by atoms with van der Waals surface area (Å²) in [6.45, 7) is 0. The van der Waals surface area contributed by atoms with Crippen molar-refractivity contribution in [1.82, 2.24) is 4.90 Å². The number of likely N-dealkylation sites (N-methyl/N-ethyl adjacent to an activating group) is 1. The van der Waals surface area contributed by atoms with Crippen molar-refractivity contribution in [3.8, 4) is 0 Å². The molecule has 1 fully saturated rings. The zero-order valence-electron chi connectivity index (χ0n) is 16.5. The number of benzene rings is 2. The molecule has 1 N–H and O–H groups in total. The topological polar surface area (TPSA) is 77.9 Å². The van der Waals surface area contributed by atoms with Crippen LogP contribution in [-0.2, 0) is 10.0 Å². The molecule has 156 valence electrons. The summed E-state index contributed by atoms with van der Waals surface area (Å²) < 4.78 is 26.8. The molecule has 0 spiro atoms. The molecule has 0 unspecified atom stereocenters. The summed E-state index contributed by atoms with van der Waals surface area (Å²) in [6.07, 6.45) is 2.94. The summed E-state index contributed by atoms with van der Waals surface area (Å²) in [5.41, 5.74) is 0.892. The van der Waals surface area contributed by atoms with Crippen molar-refractivity contribution < 1.29 is 18.3 Å². The van der Waals surface area contributed by atoms with Crippen LogP contribution in [-0.4, -0.2) is 50.6 Å². The third kappa shape index (κ3) is 4.57. The number of aliphatic hydroxyl groups is 1. The third-order valence-electron chi connectivity index (χ3n) is 5.46. The Labute approximate surface area is 176 Å². The number of hydrogen-bond donors (Lipinski definition) is 1. The number of carbonyl (C=O) groups excluding carboxylic acids is 1. The number of carbonyl (C=O) groups is 1. The smallest absolute Gasteiger partial charge is 0.264 e. The van der Waals surface area contributed by atoms with Gasteiger partial charge < -0.3 is 10.0 Å². The highest BCUT2D eigenvalue weighted by molar-refractivity contribution is 7.92. The molecular formula is C21H25ClN2O4S. The van der Waals surface area contributed by atoms with Gasteiger partial charge in [0, 0.05) is 24.7 Å². The number of hydrogen-bond acceptors (Lipinski definition) is 4. The average molecular weight is 437 g/mol. The lowest BCUT2D eigenvalue weighted by atomic mass is 9.91. The average Bonchev–Trinajstić information content (AvgIpc) is 2.73. The van der Waals surface area contributed by atoms with E-state index >= 15 is 0 Å². The second kappa shape index (κ2) is 8.73. The van der Waals surface area contributed by atoms with E-state index in [-0.39, 0.29) is 16.8 Å². The molecule has 0 aromatic heterocycles. The van der Waals surface area contributed by atoms with E-state index in [1.54, 1.807) is 36.2 Å². The second-order valence-electron chi connectivity index (χ2n) is 7.31. The molecular weight excluding hydrogens is 412 g/mol. The number of anilines is 1. The predicted molar refractivity (Wildman–Crippen MR) is 114 cm³/mol. The van der Waals surface area contributed by atoms with Gasteiger partial charge in [0.2, 0.25) is 0 Å². The number of amides is 1. The summed E-state index contributed by atoms with van der Waals surface area (Å²) in [7, 11) is -0.572. The van der Waals surface area contributed by atoms with Gasteiger partial charge in [0.1, 0.15) is 0 Å². The molecule has 0 saturated heterocycles. The first-order chi connectivity index (χ1) is 13.7. The van der Waals surface area contributed by atoms with E-state index < -0.39 is 16.1 Å². The lowest BCUT2D eigenvalue weighted by molar-refractivity contribution is 0.0268. The molecule has 1 aliphatic rings. The normalized spacial score (nSPS) is 19.6. The molecule has 0 bridgehead atoms. The van der Waals surface area contributed by atoms with E-state index in [1.165, 1.54) is 35.6 Å². The van der Waals surface area contributed by atoms with Gasteiger partial charge in [0.25, 0.3) is 15.9 Å². The molecule has 1 saturated carbocycles. The largest absolute Gasteiger partial charge is 0.391 e. The summed E-state index contributed by atoms with van der Waals surface area (Å²) >= 11 is 5.84. The van der Waals surface area contributed by atoms with E-state index in [9.17, 15) is 18.3 Å². The fourth-order valence-corrected chi connectivity index (χ4v) is 4.94. The Hall–Kier alpha value is -2.09. The molecule has 0 aliphatic heterocycles. The first-order valence-electron chi connectivity index (χ1n) is 9.51. The monoisotopic (exact) mass is 436 g/mol. The standard InChI is InChI=1S/C21H25ClN2O4S/c1-23(19-5-3-4-6-20(19)25)21(26)15-7-11-17(12-8-15)24(2)29(27,28)18-13-9-16(22)10-14-18/h7-14,19-20,25H,3-6H2,1-2H3/t19-,20-/m1/s1. The molecule has 2 aromatic rings. The highest BCUT2D eigenvalue weighted by Crippen LogP contribution is 2.26. The van der Waals surface area contributed by atoms with Crippen molar-refractivity contribution in [2.75, 3.05) is 18.4 Å². The zero-order chi connectivity index (χ0) is 21.2. The Morgan fingerprint density at radius 3 is 2.17 bits per heavy atom. The Balaban J connectivity index is 1.77. The van der Waals surface area contributed by atoms with Gasteiger partial charge in [-0.15, -0.1) is 0 Å². The predicted octanol–water partition coefficient (Wildman–Crippen LogP) is 3.54. The van der Waals surface area contributed by atoms with Crippen molar-refractivity contribution in [3.63, 3.8) is 0 Å². The molecule has 1 aliphatic carbocycles. The maximum Gasteiger partial charge on any atom is 0.264 e. The number of aliphatic hydroxyl groups excluding tert-OH is 1. The van der Waals surface area contributed by atoms with E-state index in [4.69, 9.17) is 11.6 Å². The number of halogens is 1. The van der Waals surface area contributed by atoms with Gasteiger partial charge in [-0.3, -0.25) is 9.10 Å². The van der Waals surface area contributed by atoms with Crippen LogP contribution < -0.4 is 4.31 Å². The highest BCUT2D eigenvalue weighted by atomic mass is 35.5. The Bertz CT molecular complexity index is 961. The molecule has 3 rings (SSSR count). The minimum absolute atomic E-state index is 0.135. The maximum atomic E-state index is 12.8. The summed E-state index contributed by atoms with van der Waals surface area (Å²) in [5, 5.41) is 10.7. The van der Waals surface area contributed by atoms with E-state index in [1.807, 2.05) is 0 Å². The van der Waals surface area contributed by atoms with Crippen LogP contribution in [0.15, 0.2) is 53.4 Å². The van der Waals surface area contributed by atoms with Crippen molar-refractivity contribution in [2.45, 2.75) is 42.7 Å². The number of nitrogens with zero attached hydrogens (tertiary/aromatic N) is 2. The van der Waals surface area contributed by atoms with Gasteiger partial charge >= 0.3 is 0 Å².